The van der Waals surface area contributed by atoms with E-state index in [0.29, 0.717) is 33.0 Å². The minimum atomic E-state index is -0.138. The predicted molar refractivity (Wildman–Crippen MR) is 137 cm³/mol. The van der Waals surface area contributed by atoms with Crippen molar-refractivity contribution in [1.82, 2.24) is 0 Å². The van der Waals surface area contributed by atoms with Crippen molar-refractivity contribution in [2.24, 2.45) is 50.2 Å². The highest BCUT2D eigenvalue weighted by Gasteiger charge is 2.67. The van der Waals surface area contributed by atoms with Crippen LogP contribution in [0.15, 0.2) is 11.6 Å². The molecule has 4 fully saturated rings. The Balaban J connectivity index is 1.55. The van der Waals surface area contributed by atoms with Gasteiger partial charge in [0.2, 0.25) is 0 Å². The summed E-state index contributed by atoms with van der Waals surface area (Å²) < 4.78 is 5.72. The van der Waals surface area contributed by atoms with Crippen molar-refractivity contribution in [3.8, 4) is 0 Å². The molecule has 0 aliphatic heterocycles. The number of hydrogen-bond acceptors (Lipinski definition) is 2. The van der Waals surface area contributed by atoms with E-state index >= 15 is 0 Å². The molecule has 0 saturated heterocycles. The summed E-state index contributed by atoms with van der Waals surface area (Å²) in [6.45, 7) is 18.7. The average Bonchev–Trinajstić information content (AvgIpc) is 2.73. The number of ether oxygens (including phenoxy) is 1. The highest BCUT2D eigenvalue weighted by Crippen LogP contribution is 2.75. The normalized spacial score (nSPS) is 55.5. The van der Waals surface area contributed by atoms with E-state index in [9.17, 15) is 5.11 Å². The molecule has 0 aromatic rings. The van der Waals surface area contributed by atoms with Crippen molar-refractivity contribution in [1.29, 1.82) is 0 Å². The molecule has 2 heteroatoms. The largest absolute Gasteiger partial charge is 0.393 e. The third-order valence-corrected chi connectivity index (χ3v) is 13.4. The molecule has 9 unspecified atom stereocenters. The maximum atomic E-state index is 10.9. The molecule has 5 aliphatic carbocycles. The third kappa shape index (κ3) is 3.11. The fraction of sp³-hybridized carbons (Fsp3) is 0.935. The van der Waals surface area contributed by atoms with Gasteiger partial charge >= 0.3 is 0 Å². The Hall–Kier alpha value is -0.340. The SMILES string of the molecule is COCC1(C)CCC2(C)CCC3(C)C(=CCC4C5(C)CCC(O)C(C)(C)C5CCC43C)C2C1. The van der Waals surface area contributed by atoms with Crippen molar-refractivity contribution in [2.75, 3.05) is 13.7 Å². The Morgan fingerprint density at radius 2 is 1.58 bits per heavy atom. The van der Waals surface area contributed by atoms with Gasteiger partial charge in [0, 0.05) is 7.11 Å². The molecule has 0 heterocycles. The molecule has 5 rings (SSSR count). The van der Waals surface area contributed by atoms with Crippen molar-refractivity contribution in [3.63, 3.8) is 0 Å². The van der Waals surface area contributed by atoms with E-state index in [2.05, 4.69) is 54.5 Å². The molecule has 188 valence electrons. The zero-order valence-electron chi connectivity index (χ0n) is 23.0. The zero-order valence-corrected chi connectivity index (χ0v) is 23.0. The molecule has 9 atom stereocenters. The van der Waals surface area contributed by atoms with Crippen LogP contribution < -0.4 is 0 Å². The van der Waals surface area contributed by atoms with Crippen LogP contribution in [0, 0.1) is 50.2 Å². The third-order valence-electron chi connectivity index (χ3n) is 13.4. The first-order chi connectivity index (χ1) is 15.3. The summed E-state index contributed by atoms with van der Waals surface area (Å²) >= 11 is 0. The molecule has 2 nitrogen and oxygen atoms in total. The first-order valence-corrected chi connectivity index (χ1v) is 14.1. The molecule has 33 heavy (non-hydrogen) atoms. The standard InChI is InChI=1S/C31H52O2/c1-26(2)23-11-14-31(7)24(29(23,5)13-12-25(26)32)10-9-21-22-19-27(3,20-33-8)15-16-28(22,4)17-18-30(21,31)6/h9,22-25,32H,10-20H2,1-8H3. The number of methoxy groups -OCH3 is 1. The number of fused-ring (bicyclic) bond motifs is 7. The minimum absolute atomic E-state index is 0.0374. The minimum Gasteiger partial charge on any atom is -0.393 e. The lowest BCUT2D eigenvalue weighted by molar-refractivity contribution is -0.203. The van der Waals surface area contributed by atoms with Crippen molar-refractivity contribution < 1.29 is 9.84 Å². The van der Waals surface area contributed by atoms with Crippen LogP contribution in [0.2, 0.25) is 0 Å². The smallest absolute Gasteiger partial charge is 0.0594 e. The maximum absolute atomic E-state index is 10.9. The molecule has 0 radical (unpaired) electrons. The van der Waals surface area contributed by atoms with Crippen LogP contribution in [0.4, 0.5) is 0 Å². The number of aliphatic hydroxyl groups excluding tert-OH is 1. The second kappa shape index (κ2) is 7.34. The first-order valence-electron chi connectivity index (χ1n) is 14.1. The molecular formula is C31H52O2. The number of rotatable bonds is 2. The molecule has 0 spiro atoms. The van der Waals surface area contributed by atoms with Crippen molar-refractivity contribution >= 4 is 0 Å². The quantitative estimate of drug-likeness (QED) is 0.430. The van der Waals surface area contributed by atoms with Gasteiger partial charge < -0.3 is 9.84 Å². The van der Waals surface area contributed by atoms with Gasteiger partial charge in [0.25, 0.3) is 0 Å². The summed E-state index contributed by atoms with van der Waals surface area (Å²) in [6, 6.07) is 0. The van der Waals surface area contributed by atoms with Crippen LogP contribution in [0.1, 0.15) is 113 Å². The maximum Gasteiger partial charge on any atom is 0.0594 e. The van der Waals surface area contributed by atoms with E-state index in [4.69, 9.17) is 4.74 Å². The number of hydrogen-bond donors (Lipinski definition) is 1. The van der Waals surface area contributed by atoms with E-state index in [1.54, 1.807) is 0 Å². The molecule has 0 amide bonds. The summed E-state index contributed by atoms with van der Waals surface area (Å²) in [5.74, 6) is 2.10. The summed E-state index contributed by atoms with van der Waals surface area (Å²) in [5.41, 5.74) is 3.71. The number of allylic oxidation sites excluding steroid dienone is 2. The summed E-state index contributed by atoms with van der Waals surface area (Å²) in [5, 5.41) is 10.9. The molecule has 0 bridgehead atoms. The van der Waals surface area contributed by atoms with Gasteiger partial charge in [-0.2, -0.15) is 0 Å². The Kier molecular flexibility index (Phi) is 5.42. The van der Waals surface area contributed by atoms with Gasteiger partial charge in [-0.05, 0) is 114 Å². The van der Waals surface area contributed by atoms with Crippen molar-refractivity contribution in [3.05, 3.63) is 11.6 Å². The topological polar surface area (TPSA) is 29.5 Å². The van der Waals surface area contributed by atoms with E-state index in [1.807, 2.05) is 12.7 Å². The lowest BCUT2D eigenvalue weighted by Gasteiger charge is -2.71. The average molecular weight is 457 g/mol. The molecular weight excluding hydrogens is 404 g/mol. The van der Waals surface area contributed by atoms with Gasteiger partial charge in [0.15, 0.2) is 0 Å². The van der Waals surface area contributed by atoms with Gasteiger partial charge in [-0.25, -0.2) is 0 Å². The summed E-state index contributed by atoms with van der Waals surface area (Å²) in [4.78, 5) is 0. The summed E-state index contributed by atoms with van der Waals surface area (Å²) in [7, 11) is 1.89. The Bertz CT molecular complexity index is 829. The molecule has 1 N–H and O–H groups in total. The summed E-state index contributed by atoms with van der Waals surface area (Å²) in [6.07, 6.45) is 15.4. The predicted octanol–water partition coefficient (Wildman–Crippen LogP) is 7.80. The van der Waals surface area contributed by atoms with Gasteiger partial charge in [0.1, 0.15) is 0 Å². The molecule has 0 aromatic heterocycles. The van der Waals surface area contributed by atoms with Crippen LogP contribution in [0.5, 0.6) is 0 Å². The van der Waals surface area contributed by atoms with Gasteiger partial charge in [0.05, 0.1) is 12.7 Å². The first kappa shape index (κ1) is 24.4. The zero-order chi connectivity index (χ0) is 24.1. The second-order valence-electron chi connectivity index (χ2n) is 15.3. The number of aliphatic hydroxyl groups is 1. The molecule has 0 aromatic carbocycles. The van der Waals surface area contributed by atoms with Crippen LogP contribution in [-0.4, -0.2) is 24.9 Å². The van der Waals surface area contributed by atoms with E-state index in [0.717, 1.165) is 24.9 Å². The molecule has 4 saturated carbocycles. The van der Waals surface area contributed by atoms with E-state index in [1.165, 1.54) is 57.8 Å². The van der Waals surface area contributed by atoms with Crippen LogP contribution in [0.3, 0.4) is 0 Å². The fourth-order valence-corrected chi connectivity index (χ4v) is 10.9. The van der Waals surface area contributed by atoms with E-state index < -0.39 is 0 Å². The lowest BCUT2D eigenvalue weighted by atomic mass is 9.33. The van der Waals surface area contributed by atoms with Crippen LogP contribution in [-0.2, 0) is 4.74 Å². The van der Waals surface area contributed by atoms with Crippen molar-refractivity contribution in [2.45, 2.75) is 119 Å². The van der Waals surface area contributed by atoms with Crippen LogP contribution in [0.25, 0.3) is 0 Å². The van der Waals surface area contributed by atoms with Gasteiger partial charge in [-0.1, -0.05) is 60.1 Å². The second-order valence-corrected chi connectivity index (χ2v) is 15.3. The lowest BCUT2D eigenvalue weighted by Crippen LogP contribution is -2.64. The highest BCUT2D eigenvalue weighted by atomic mass is 16.5. The van der Waals surface area contributed by atoms with Crippen LogP contribution >= 0.6 is 0 Å². The monoisotopic (exact) mass is 456 g/mol. The fourth-order valence-electron chi connectivity index (χ4n) is 10.9. The van der Waals surface area contributed by atoms with Gasteiger partial charge in [-0.15, -0.1) is 0 Å². The molecule has 5 aliphatic rings. The van der Waals surface area contributed by atoms with E-state index in [-0.39, 0.29) is 11.5 Å². The Morgan fingerprint density at radius 3 is 2.27 bits per heavy atom. The Labute approximate surface area is 204 Å². The Morgan fingerprint density at radius 1 is 0.879 bits per heavy atom. The highest BCUT2D eigenvalue weighted by molar-refractivity contribution is 5.33. The van der Waals surface area contributed by atoms with Gasteiger partial charge in [-0.3, -0.25) is 0 Å².